The number of hydrogen-bond donors (Lipinski definition) is 0. The number of rotatable bonds is 3. The molecule has 0 N–H and O–H groups in total. The summed E-state index contributed by atoms with van der Waals surface area (Å²) in [5.41, 5.74) is 0. The molecule has 0 saturated heterocycles. The van der Waals surface area contributed by atoms with E-state index in [9.17, 15) is 0 Å². The predicted octanol–water partition coefficient (Wildman–Crippen LogP) is 2.49. The van der Waals surface area contributed by atoms with Crippen LogP contribution in [0.5, 0.6) is 0 Å². The zero-order valence-electron chi connectivity index (χ0n) is 8.32. The first kappa shape index (κ1) is 11.1. The van der Waals surface area contributed by atoms with Gasteiger partial charge in [-0.2, -0.15) is 0 Å². The summed E-state index contributed by atoms with van der Waals surface area (Å²) in [6.07, 6.45) is 7.23. The highest BCUT2D eigenvalue weighted by atomic mass is 15.4. The van der Waals surface area contributed by atoms with E-state index in [-0.39, 0.29) is 0 Å². The number of aryl methyl sites for hydroxylation is 1. The van der Waals surface area contributed by atoms with E-state index in [0.29, 0.717) is 0 Å². The normalized spacial score (nSPS) is 8.92. The van der Waals surface area contributed by atoms with Crippen molar-refractivity contribution in [3.8, 4) is 0 Å². The van der Waals surface area contributed by atoms with Crippen molar-refractivity contribution in [2.24, 2.45) is 0 Å². The van der Waals surface area contributed by atoms with E-state index in [4.69, 9.17) is 0 Å². The van der Waals surface area contributed by atoms with E-state index < -0.39 is 0 Å². The largest absolute Gasteiger partial charge is 0.253 e. The maximum Gasteiger partial charge on any atom is 0.0692 e. The molecule has 0 aromatic carbocycles. The molecule has 70 valence electrons. The van der Waals surface area contributed by atoms with Crippen molar-refractivity contribution in [1.29, 1.82) is 0 Å². The predicted molar refractivity (Wildman–Crippen MR) is 50.9 cm³/mol. The molecular weight excluding hydrogens is 150 g/mol. The third-order valence-corrected chi connectivity index (χ3v) is 1.21. The van der Waals surface area contributed by atoms with E-state index in [1.165, 1.54) is 19.3 Å². The Balaban J connectivity index is 0.000000354. The minimum Gasteiger partial charge on any atom is -0.253 e. The van der Waals surface area contributed by atoms with Crippen molar-refractivity contribution in [2.45, 2.75) is 46.6 Å². The van der Waals surface area contributed by atoms with Gasteiger partial charge in [-0.05, 0) is 6.42 Å². The van der Waals surface area contributed by atoms with E-state index in [1.54, 1.807) is 6.20 Å². The van der Waals surface area contributed by atoms with Gasteiger partial charge in [-0.1, -0.05) is 38.8 Å². The average Bonchev–Trinajstić information content (AvgIpc) is 2.54. The van der Waals surface area contributed by atoms with Crippen LogP contribution in [0.15, 0.2) is 12.4 Å². The standard InChI is InChI=1S/C6H11N3.C3H8/c1-2-3-5-9-6-4-7-8-9;1-3-2/h4,6H,2-3,5H2,1H3;3H2,1-2H3. The number of nitrogens with zero attached hydrogens (tertiary/aromatic N) is 3. The second kappa shape index (κ2) is 8.24. The van der Waals surface area contributed by atoms with Gasteiger partial charge in [0.2, 0.25) is 0 Å². The van der Waals surface area contributed by atoms with Crippen molar-refractivity contribution in [1.82, 2.24) is 15.0 Å². The second-order valence-corrected chi connectivity index (χ2v) is 2.73. The lowest BCUT2D eigenvalue weighted by molar-refractivity contribution is 0.553. The zero-order valence-corrected chi connectivity index (χ0v) is 8.32. The van der Waals surface area contributed by atoms with Gasteiger partial charge in [0.1, 0.15) is 0 Å². The molecule has 0 aliphatic heterocycles. The summed E-state index contributed by atoms with van der Waals surface area (Å²) < 4.78 is 1.85. The topological polar surface area (TPSA) is 30.7 Å². The monoisotopic (exact) mass is 169 g/mol. The maximum atomic E-state index is 3.82. The molecule has 3 nitrogen and oxygen atoms in total. The number of unbranched alkanes of at least 4 members (excludes halogenated alkanes) is 1. The minimum atomic E-state index is 0.997. The summed E-state index contributed by atoms with van der Waals surface area (Å²) in [6, 6.07) is 0. The van der Waals surface area contributed by atoms with Crippen molar-refractivity contribution < 1.29 is 0 Å². The Kier molecular flexibility index (Phi) is 7.65. The van der Waals surface area contributed by atoms with Crippen LogP contribution in [0.4, 0.5) is 0 Å². The van der Waals surface area contributed by atoms with E-state index in [0.717, 1.165) is 6.54 Å². The Hall–Kier alpha value is -0.860. The van der Waals surface area contributed by atoms with Gasteiger partial charge in [0.15, 0.2) is 0 Å². The fourth-order valence-corrected chi connectivity index (χ4v) is 0.672. The molecule has 0 bridgehead atoms. The maximum absolute atomic E-state index is 3.82. The Bertz CT molecular complexity index is 158. The Morgan fingerprint density at radius 3 is 2.33 bits per heavy atom. The van der Waals surface area contributed by atoms with E-state index in [2.05, 4.69) is 31.1 Å². The highest BCUT2D eigenvalue weighted by molar-refractivity contribution is 4.63. The van der Waals surface area contributed by atoms with Crippen LogP contribution < -0.4 is 0 Å². The molecular formula is C9H19N3. The minimum absolute atomic E-state index is 0.997. The quantitative estimate of drug-likeness (QED) is 0.696. The molecule has 0 unspecified atom stereocenters. The fourth-order valence-electron chi connectivity index (χ4n) is 0.672. The first-order valence-corrected chi connectivity index (χ1v) is 4.69. The summed E-state index contributed by atoms with van der Waals surface area (Å²) in [5, 5.41) is 7.51. The van der Waals surface area contributed by atoms with Crippen molar-refractivity contribution in [2.75, 3.05) is 0 Å². The van der Waals surface area contributed by atoms with Crippen LogP contribution in [-0.4, -0.2) is 15.0 Å². The molecule has 0 amide bonds. The van der Waals surface area contributed by atoms with Crippen LogP contribution in [0.1, 0.15) is 40.0 Å². The molecule has 0 saturated carbocycles. The fraction of sp³-hybridized carbons (Fsp3) is 0.778. The van der Waals surface area contributed by atoms with Gasteiger partial charge in [-0.3, -0.25) is 4.68 Å². The molecule has 1 aromatic heterocycles. The lowest BCUT2D eigenvalue weighted by Crippen LogP contribution is -1.97. The van der Waals surface area contributed by atoms with Gasteiger partial charge in [0.25, 0.3) is 0 Å². The Labute approximate surface area is 74.8 Å². The molecule has 0 aliphatic carbocycles. The lowest BCUT2D eigenvalue weighted by atomic mass is 10.3. The van der Waals surface area contributed by atoms with Gasteiger partial charge in [0, 0.05) is 12.7 Å². The van der Waals surface area contributed by atoms with Gasteiger partial charge in [0.05, 0.1) is 6.20 Å². The zero-order chi connectivity index (χ0) is 9.23. The van der Waals surface area contributed by atoms with E-state index in [1.807, 2.05) is 10.9 Å². The van der Waals surface area contributed by atoms with Crippen LogP contribution in [0.2, 0.25) is 0 Å². The second-order valence-electron chi connectivity index (χ2n) is 2.73. The lowest BCUT2D eigenvalue weighted by Gasteiger charge is -1.94. The molecule has 1 aromatic rings. The highest BCUT2D eigenvalue weighted by Crippen LogP contribution is 1.89. The van der Waals surface area contributed by atoms with E-state index >= 15 is 0 Å². The highest BCUT2D eigenvalue weighted by Gasteiger charge is 1.86. The smallest absolute Gasteiger partial charge is 0.0692 e. The van der Waals surface area contributed by atoms with Gasteiger partial charge < -0.3 is 0 Å². The summed E-state index contributed by atoms with van der Waals surface area (Å²) in [5.74, 6) is 0. The van der Waals surface area contributed by atoms with Gasteiger partial charge in [-0.15, -0.1) is 5.10 Å². The molecule has 3 heteroatoms. The molecule has 0 radical (unpaired) electrons. The number of hydrogen-bond acceptors (Lipinski definition) is 2. The molecule has 12 heavy (non-hydrogen) atoms. The Morgan fingerprint density at radius 2 is 1.92 bits per heavy atom. The molecule has 0 fully saturated rings. The molecule has 1 rings (SSSR count). The van der Waals surface area contributed by atoms with Crippen molar-refractivity contribution in [3.63, 3.8) is 0 Å². The molecule has 1 heterocycles. The van der Waals surface area contributed by atoms with Gasteiger partial charge >= 0.3 is 0 Å². The summed E-state index contributed by atoms with van der Waals surface area (Å²) in [4.78, 5) is 0. The number of aromatic nitrogens is 3. The summed E-state index contributed by atoms with van der Waals surface area (Å²) in [6.45, 7) is 7.41. The average molecular weight is 169 g/mol. The molecule has 0 aliphatic rings. The van der Waals surface area contributed by atoms with Crippen molar-refractivity contribution in [3.05, 3.63) is 12.4 Å². The van der Waals surface area contributed by atoms with Crippen LogP contribution in [0.25, 0.3) is 0 Å². The van der Waals surface area contributed by atoms with Crippen LogP contribution in [0, 0.1) is 0 Å². The van der Waals surface area contributed by atoms with Crippen LogP contribution in [-0.2, 0) is 6.54 Å². The third-order valence-electron chi connectivity index (χ3n) is 1.21. The Morgan fingerprint density at radius 1 is 1.25 bits per heavy atom. The van der Waals surface area contributed by atoms with Crippen molar-refractivity contribution >= 4 is 0 Å². The SMILES string of the molecule is CCC.CCCCn1ccnn1. The molecule has 0 atom stereocenters. The summed E-state index contributed by atoms with van der Waals surface area (Å²) >= 11 is 0. The molecule has 0 spiro atoms. The first-order valence-electron chi connectivity index (χ1n) is 4.69. The van der Waals surface area contributed by atoms with Crippen LogP contribution >= 0.6 is 0 Å². The van der Waals surface area contributed by atoms with Gasteiger partial charge in [-0.25, -0.2) is 0 Å². The summed E-state index contributed by atoms with van der Waals surface area (Å²) in [7, 11) is 0. The first-order chi connectivity index (χ1) is 5.85. The van der Waals surface area contributed by atoms with Crippen LogP contribution in [0.3, 0.4) is 0 Å². The third kappa shape index (κ3) is 5.89.